The molecule has 0 unspecified atom stereocenters. The summed E-state index contributed by atoms with van der Waals surface area (Å²) in [6.45, 7) is 1.20. The van der Waals surface area contributed by atoms with Crippen molar-refractivity contribution in [1.29, 1.82) is 0 Å². The van der Waals surface area contributed by atoms with E-state index in [4.69, 9.17) is 11.6 Å². The summed E-state index contributed by atoms with van der Waals surface area (Å²) in [5.41, 5.74) is 3.44. The maximum Gasteiger partial charge on any atom is 0.270 e. The van der Waals surface area contributed by atoms with Crippen molar-refractivity contribution in [3.8, 4) is 0 Å². The van der Waals surface area contributed by atoms with Crippen molar-refractivity contribution in [3.63, 3.8) is 0 Å². The fraction of sp³-hybridized carbons (Fsp3) is 0.150. The van der Waals surface area contributed by atoms with Crippen LogP contribution in [0, 0.1) is 0 Å². The third-order valence-corrected chi connectivity index (χ3v) is 4.10. The lowest BCUT2D eigenvalue weighted by Crippen LogP contribution is -2.23. The molecule has 0 bridgehead atoms. The van der Waals surface area contributed by atoms with E-state index < -0.39 is 0 Å². The van der Waals surface area contributed by atoms with E-state index in [1.165, 1.54) is 5.56 Å². The molecule has 3 aromatic rings. The topological polar surface area (TPSA) is 66.9 Å². The normalized spacial score (nSPS) is 10.3. The quantitative estimate of drug-likeness (QED) is 0.668. The first-order valence-electron chi connectivity index (χ1n) is 8.32. The van der Waals surface area contributed by atoms with Gasteiger partial charge in [-0.25, -0.2) is 0 Å². The van der Waals surface area contributed by atoms with Crippen LogP contribution in [0.1, 0.15) is 21.6 Å². The number of nitrogens with one attached hydrogen (secondary N) is 2. The highest BCUT2D eigenvalue weighted by Gasteiger charge is 2.07. The van der Waals surface area contributed by atoms with E-state index in [-0.39, 0.29) is 5.91 Å². The molecule has 0 spiro atoms. The van der Waals surface area contributed by atoms with Crippen molar-refractivity contribution in [2.24, 2.45) is 0 Å². The van der Waals surface area contributed by atoms with Gasteiger partial charge in [0, 0.05) is 42.4 Å². The predicted octanol–water partition coefficient (Wildman–Crippen LogP) is 3.71. The Hall–Kier alpha value is -2.92. The summed E-state index contributed by atoms with van der Waals surface area (Å²) >= 11 is 5.89. The van der Waals surface area contributed by atoms with E-state index in [1.54, 1.807) is 24.7 Å². The molecule has 1 amide bonds. The average molecular weight is 367 g/mol. The van der Waals surface area contributed by atoms with Crippen LogP contribution in [0.25, 0.3) is 0 Å². The molecule has 0 aliphatic heterocycles. The van der Waals surface area contributed by atoms with Crippen molar-refractivity contribution >= 4 is 23.2 Å². The van der Waals surface area contributed by atoms with E-state index in [9.17, 15) is 4.79 Å². The zero-order chi connectivity index (χ0) is 18.2. The summed E-state index contributed by atoms with van der Waals surface area (Å²) < 4.78 is 0. The van der Waals surface area contributed by atoms with Gasteiger partial charge in [0.25, 0.3) is 5.91 Å². The molecular formula is C20H19ClN4O. The van der Waals surface area contributed by atoms with Crippen LogP contribution < -0.4 is 10.6 Å². The Morgan fingerprint density at radius 1 is 0.962 bits per heavy atom. The van der Waals surface area contributed by atoms with Crippen LogP contribution in [-0.2, 0) is 13.0 Å². The molecule has 0 radical (unpaired) electrons. The molecule has 5 nitrogen and oxygen atoms in total. The first-order chi connectivity index (χ1) is 12.7. The number of benzene rings is 1. The standard InChI is InChI=1S/C20H19ClN4O/c21-17-3-1-15(2-4-17)7-11-23-18-8-12-24-19(13-18)20(26)25-14-16-5-9-22-10-6-16/h1-6,8-10,12-13H,7,11,14H2,(H,23,24)(H,25,26). The number of anilines is 1. The third kappa shape index (κ3) is 5.29. The number of carbonyl (C=O) groups excluding carboxylic acids is 1. The molecule has 0 aliphatic rings. The lowest BCUT2D eigenvalue weighted by atomic mass is 10.1. The minimum Gasteiger partial charge on any atom is -0.385 e. The minimum absolute atomic E-state index is 0.205. The van der Waals surface area contributed by atoms with Gasteiger partial charge in [0.1, 0.15) is 5.69 Å². The molecule has 26 heavy (non-hydrogen) atoms. The van der Waals surface area contributed by atoms with Gasteiger partial charge in [-0.05, 0) is 53.9 Å². The van der Waals surface area contributed by atoms with Gasteiger partial charge in [0.05, 0.1) is 0 Å². The molecular weight excluding hydrogens is 348 g/mol. The zero-order valence-electron chi connectivity index (χ0n) is 14.2. The molecule has 0 fully saturated rings. The largest absolute Gasteiger partial charge is 0.385 e. The van der Waals surface area contributed by atoms with Crippen LogP contribution in [-0.4, -0.2) is 22.4 Å². The molecule has 6 heteroatoms. The van der Waals surface area contributed by atoms with E-state index in [0.717, 1.165) is 29.2 Å². The lowest BCUT2D eigenvalue weighted by Gasteiger charge is -2.09. The van der Waals surface area contributed by atoms with Crippen molar-refractivity contribution in [3.05, 3.63) is 89.0 Å². The fourth-order valence-corrected chi connectivity index (χ4v) is 2.57. The van der Waals surface area contributed by atoms with Gasteiger partial charge < -0.3 is 10.6 Å². The van der Waals surface area contributed by atoms with Gasteiger partial charge in [0.2, 0.25) is 0 Å². The van der Waals surface area contributed by atoms with E-state index in [2.05, 4.69) is 20.6 Å². The first-order valence-corrected chi connectivity index (χ1v) is 8.70. The van der Waals surface area contributed by atoms with Crippen molar-refractivity contribution < 1.29 is 4.79 Å². The highest BCUT2D eigenvalue weighted by Crippen LogP contribution is 2.12. The van der Waals surface area contributed by atoms with Crippen molar-refractivity contribution in [2.75, 3.05) is 11.9 Å². The summed E-state index contributed by atoms with van der Waals surface area (Å²) in [5.74, 6) is -0.205. The van der Waals surface area contributed by atoms with Gasteiger partial charge in [-0.1, -0.05) is 23.7 Å². The van der Waals surface area contributed by atoms with Crippen LogP contribution in [0.4, 0.5) is 5.69 Å². The number of pyridine rings is 2. The van der Waals surface area contributed by atoms with Crippen LogP contribution in [0.15, 0.2) is 67.1 Å². The molecule has 0 saturated carbocycles. The Morgan fingerprint density at radius 2 is 1.73 bits per heavy atom. The molecule has 2 heterocycles. The Bertz CT molecular complexity index is 853. The first kappa shape index (κ1) is 17.9. The van der Waals surface area contributed by atoms with Gasteiger partial charge in [0.15, 0.2) is 0 Å². The number of hydrogen-bond donors (Lipinski definition) is 2. The number of aromatic nitrogens is 2. The maximum atomic E-state index is 12.3. The maximum absolute atomic E-state index is 12.3. The SMILES string of the molecule is O=C(NCc1ccncc1)c1cc(NCCc2ccc(Cl)cc2)ccn1. The smallest absolute Gasteiger partial charge is 0.270 e. The fourth-order valence-electron chi connectivity index (χ4n) is 2.44. The molecule has 0 aliphatic carbocycles. The van der Waals surface area contributed by atoms with Crippen LogP contribution >= 0.6 is 11.6 Å². The monoisotopic (exact) mass is 366 g/mol. The summed E-state index contributed by atoms with van der Waals surface area (Å²) in [6, 6.07) is 15.1. The summed E-state index contributed by atoms with van der Waals surface area (Å²) in [6.07, 6.45) is 5.89. The number of nitrogens with zero attached hydrogens (tertiary/aromatic N) is 2. The Balaban J connectivity index is 1.52. The molecule has 2 N–H and O–H groups in total. The Kier molecular flexibility index (Phi) is 6.17. The second-order valence-electron chi connectivity index (χ2n) is 5.77. The molecule has 2 aromatic heterocycles. The highest BCUT2D eigenvalue weighted by molar-refractivity contribution is 6.30. The number of hydrogen-bond acceptors (Lipinski definition) is 4. The molecule has 0 atom stereocenters. The van der Waals surface area contributed by atoms with E-state index in [1.807, 2.05) is 42.5 Å². The summed E-state index contributed by atoms with van der Waals surface area (Å²) in [5, 5.41) is 6.91. The second-order valence-corrected chi connectivity index (χ2v) is 6.21. The Labute approximate surface area is 157 Å². The molecule has 0 saturated heterocycles. The van der Waals surface area contributed by atoms with Crippen molar-refractivity contribution in [2.45, 2.75) is 13.0 Å². The zero-order valence-corrected chi connectivity index (χ0v) is 14.9. The minimum atomic E-state index is -0.205. The van der Waals surface area contributed by atoms with Crippen LogP contribution in [0.5, 0.6) is 0 Å². The average Bonchev–Trinajstić information content (AvgIpc) is 2.69. The van der Waals surface area contributed by atoms with Crippen molar-refractivity contribution in [1.82, 2.24) is 15.3 Å². The lowest BCUT2D eigenvalue weighted by molar-refractivity contribution is 0.0946. The number of amides is 1. The van der Waals surface area contributed by atoms with Crippen LogP contribution in [0.2, 0.25) is 5.02 Å². The van der Waals surface area contributed by atoms with E-state index in [0.29, 0.717) is 12.2 Å². The predicted molar refractivity (Wildman–Crippen MR) is 103 cm³/mol. The second kappa shape index (κ2) is 8.97. The number of carbonyl (C=O) groups is 1. The van der Waals surface area contributed by atoms with Gasteiger partial charge in [-0.3, -0.25) is 14.8 Å². The molecule has 132 valence electrons. The third-order valence-electron chi connectivity index (χ3n) is 3.85. The van der Waals surface area contributed by atoms with Crippen LogP contribution in [0.3, 0.4) is 0 Å². The number of rotatable bonds is 7. The molecule has 1 aromatic carbocycles. The van der Waals surface area contributed by atoms with Gasteiger partial charge in [-0.2, -0.15) is 0 Å². The van der Waals surface area contributed by atoms with E-state index >= 15 is 0 Å². The highest BCUT2D eigenvalue weighted by atomic mass is 35.5. The summed E-state index contributed by atoms with van der Waals surface area (Å²) in [7, 11) is 0. The number of halogens is 1. The van der Waals surface area contributed by atoms with Gasteiger partial charge in [-0.15, -0.1) is 0 Å². The molecule has 3 rings (SSSR count). The Morgan fingerprint density at radius 3 is 2.50 bits per heavy atom. The summed E-state index contributed by atoms with van der Waals surface area (Å²) in [4.78, 5) is 20.4. The van der Waals surface area contributed by atoms with Gasteiger partial charge >= 0.3 is 0 Å².